The van der Waals surface area contributed by atoms with Crippen molar-refractivity contribution in [1.29, 1.82) is 0 Å². The average molecular weight is 250 g/mol. The Morgan fingerprint density at radius 1 is 0.789 bits per heavy atom. The van der Waals surface area contributed by atoms with Crippen LogP contribution in [0.4, 0.5) is 0 Å². The molecule has 0 aliphatic heterocycles. The molecule has 19 heavy (non-hydrogen) atoms. The fraction of sp³-hybridized carbons (Fsp3) is 0.222. The lowest BCUT2D eigenvalue weighted by molar-refractivity contribution is 0.0658. The van der Waals surface area contributed by atoms with Crippen molar-refractivity contribution in [3.8, 4) is 0 Å². The molecule has 3 rings (SSSR count). The molecule has 0 unspecified atom stereocenters. The molecule has 0 radical (unpaired) electrons. The molecule has 3 aromatic rings. The Bertz CT molecular complexity index is 713. The maximum Gasteiger partial charge on any atom is 0.0720 e. The molecule has 1 heteroatoms. The summed E-state index contributed by atoms with van der Waals surface area (Å²) in [5.41, 5.74) is 1.23. The van der Waals surface area contributed by atoms with E-state index in [1.165, 1.54) is 27.1 Å². The van der Waals surface area contributed by atoms with E-state index in [0.717, 1.165) is 0 Å². The van der Waals surface area contributed by atoms with Gasteiger partial charge in [0.1, 0.15) is 0 Å². The van der Waals surface area contributed by atoms with Crippen molar-refractivity contribution in [1.82, 2.24) is 0 Å². The molecule has 0 atom stereocenters. The van der Waals surface area contributed by atoms with Crippen molar-refractivity contribution in [3.63, 3.8) is 0 Å². The summed E-state index contributed by atoms with van der Waals surface area (Å²) in [6.45, 7) is 4.81. The van der Waals surface area contributed by atoms with Crippen LogP contribution in [0, 0.1) is 0 Å². The van der Waals surface area contributed by atoms with E-state index >= 15 is 0 Å². The highest BCUT2D eigenvalue weighted by molar-refractivity contribution is 5.98. The first kappa shape index (κ1) is 12.2. The van der Waals surface area contributed by atoms with Gasteiger partial charge in [0.15, 0.2) is 0 Å². The van der Waals surface area contributed by atoms with Crippen molar-refractivity contribution in [2.24, 2.45) is 0 Å². The van der Waals surface area contributed by atoms with Gasteiger partial charge in [-0.25, -0.2) is 0 Å². The van der Waals surface area contributed by atoms with E-state index in [2.05, 4.69) is 68.4 Å². The van der Waals surface area contributed by atoms with Crippen LogP contribution in [-0.4, -0.2) is 6.10 Å². The van der Waals surface area contributed by atoms with Gasteiger partial charge in [0.25, 0.3) is 0 Å². The third-order valence-corrected chi connectivity index (χ3v) is 3.35. The molecule has 0 aliphatic rings. The molecular weight excluding hydrogens is 232 g/mol. The van der Waals surface area contributed by atoms with E-state index in [1.807, 2.05) is 0 Å². The van der Waals surface area contributed by atoms with Gasteiger partial charge in [0.05, 0.1) is 12.7 Å². The quantitative estimate of drug-likeness (QED) is 0.600. The molecular formula is C18H18O. The maximum absolute atomic E-state index is 5.66. The number of ether oxygens (including phenoxy) is 1. The van der Waals surface area contributed by atoms with Crippen molar-refractivity contribution >= 4 is 21.5 Å². The molecule has 96 valence electrons. The number of hydrogen-bond donors (Lipinski definition) is 0. The Labute approximate surface area is 113 Å². The van der Waals surface area contributed by atoms with Crippen LogP contribution < -0.4 is 0 Å². The van der Waals surface area contributed by atoms with Crippen LogP contribution in [0.5, 0.6) is 0 Å². The summed E-state index contributed by atoms with van der Waals surface area (Å²) in [4.78, 5) is 0. The normalized spacial score (nSPS) is 11.5. The molecule has 0 N–H and O–H groups in total. The van der Waals surface area contributed by atoms with E-state index in [-0.39, 0.29) is 6.10 Å². The van der Waals surface area contributed by atoms with E-state index in [1.54, 1.807) is 0 Å². The molecule has 0 heterocycles. The van der Waals surface area contributed by atoms with Gasteiger partial charge >= 0.3 is 0 Å². The van der Waals surface area contributed by atoms with Crippen LogP contribution in [0.25, 0.3) is 21.5 Å². The van der Waals surface area contributed by atoms with E-state index < -0.39 is 0 Å². The summed E-state index contributed by atoms with van der Waals surface area (Å²) in [5.74, 6) is 0. The van der Waals surface area contributed by atoms with Crippen LogP contribution >= 0.6 is 0 Å². The average Bonchev–Trinajstić information content (AvgIpc) is 2.42. The summed E-state index contributed by atoms with van der Waals surface area (Å²) in [7, 11) is 0. The SMILES string of the molecule is CC(C)OCc1ccc2cc3ccccc3cc2c1. The Balaban J connectivity index is 2.04. The second-order valence-corrected chi connectivity index (χ2v) is 5.24. The van der Waals surface area contributed by atoms with Crippen LogP contribution in [0.1, 0.15) is 19.4 Å². The third kappa shape index (κ3) is 2.61. The fourth-order valence-corrected chi connectivity index (χ4v) is 2.34. The zero-order valence-electron chi connectivity index (χ0n) is 11.4. The Kier molecular flexibility index (Phi) is 3.22. The van der Waals surface area contributed by atoms with Crippen molar-refractivity contribution in [2.75, 3.05) is 0 Å². The molecule has 0 bridgehead atoms. The Morgan fingerprint density at radius 2 is 1.42 bits per heavy atom. The molecule has 0 saturated carbocycles. The van der Waals surface area contributed by atoms with Gasteiger partial charge in [-0.05, 0) is 59.2 Å². The van der Waals surface area contributed by atoms with Gasteiger partial charge in [-0.1, -0.05) is 36.4 Å². The van der Waals surface area contributed by atoms with Crippen molar-refractivity contribution < 1.29 is 4.74 Å². The van der Waals surface area contributed by atoms with Gasteiger partial charge in [-0.2, -0.15) is 0 Å². The first-order valence-electron chi connectivity index (χ1n) is 6.75. The van der Waals surface area contributed by atoms with Gasteiger partial charge in [0.2, 0.25) is 0 Å². The molecule has 0 aromatic heterocycles. The van der Waals surface area contributed by atoms with Crippen molar-refractivity contribution in [3.05, 3.63) is 60.2 Å². The van der Waals surface area contributed by atoms with Crippen LogP contribution in [0.15, 0.2) is 54.6 Å². The number of rotatable bonds is 3. The van der Waals surface area contributed by atoms with Crippen LogP contribution in [-0.2, 0) is 11.3 Å². The number of benzene rings is 3. The van der Waals surface area contributed by atoms with Gasteiger partial charge in [0, 0.05) is 0 Å². The van der Waals surface area contributed by atoms with Gasteiger partial charge in [-0.3, -0.25) is 0 Å². The second kappa shape index (κ2) is 5.02. The summed E-state index contributed by atoms with van der Waals surface area (Å²) in [6, 6.07) is 19.5. The predicted octanol–water partition coefficient (Wildman–Crippen LogP) is 4.92. The van der Waals surface area contributed by atoms with Crippen LogP contribution in [0.2, 0.25) is 0 Å². The minimum atomic E-state index is 0.271. The summed E-state index contributed by atoms with van der Waals surface area (Å²) < 4.78 is 5.66. The lowest BCUT2D eigenvalue weighted by Gasteiger charge is -2.09. The molecule has 1 nitrogen and oxygen atoms in total. The number of hydrogen-bond acceptors (Lipinski definition) is 1. The van der Waals surface area contributed by atoms with Gasteiger partial charge in [-0.15, -0.1) is 0 Å². The minimum absolute atomic E-state index is 0.271. The Hall–Kier alpha value is -1.86. The fourth-order valence-electron chi connectivity index (χ4n) is 2.34. The summed E-state index contributed by atoms with van der Waals surface area (Å²) in [5, 5.41) is 5.15. The summed E-state index contributed by atoms with van der Waals surface area (Å²) in [6.07, 6.45) is 0.271. The molecule has 0 aliphatic carbocycles. The standard InChI is InChI=1S/C18H18O/c1-13(2)19-12-14-7-8-17-10-15-5-3-4-6-16(15)11-18(17)9-14/h3-11,13H,12H2,1-2H3. The molecule has 3 aromatic carbocycles. The summed E-state index contributed by atoms with van der Waals surface area (Å²) >= 11 is 0. The first-order chi connectivity index (χ1) is 9.22. The van der Waals surface area contributed by atoms with Crippen molar-refractivity contribution in [2.45, 2.75) is 26.6 Å². The molecule has 0 spiro atoms. The zero-order chi connectivity index (χ0) is 13.2. The Morgan fingerprint density at radius 3 is 2.11 bits per heavy atom. The number of fused-ring (bicyclic) bond motifs is 2. The van der Waals surface area contributed by atoms with E-state index in [0.29, 0.717) is 6.61 Å². The highest BCUT2D eigenvalue weighted by atomic mass is 16.5. The second-order valence-electron chi connectivity index (χ2n) is 5.24. The molecule has 0 fully saturated rings. The maximum atomic E-state index is 5.66. The van der Waals surface area contributed by atoms with Crippen LogP contribution in [0.3, 0.4) is 0 Å². The monoisotopic (exact) mass is 250 g/mol. The lowest BCUT2D eigenvalue weighted by Crippen LogP contribution is -2.01. The third-order valence-electron chi connectivity index (χ3n) is 3.35. The van der Waals surface area contributed by atoms with E-state index in [4.69, 9.17) is 4.74 Å². The highest BCUT2D eigenvalue weighted by Crippen LogP contribution is 2.24. The minimum Gasteiger partial charge on any atom is -0.374 e. The first-order valence-corrected chi connectivity index (χ1v) is 6.75. The smallest absolute Gasteiger partial charge is 0.0720 e. The zero-order valence-corrected chi connectivity index (χ0v) is 11.4. The highest BCUT2D eigenvalue weighted by Gasteiger charge is 2.01. The largest absolute Gasteiger partial charge is 0.374 e. The predicted molar refractivity (Wildman–Crippen MR) is 81.4 cm³/mol. The van der Waals surface area contributed by atoms with E-state index in [9.17, 15) is 0 Å². The topological polar surface area (TPSA) is 9.23 Å². The molecule has 0 amide bonds. The lowest BCUT2D eigenvalue weighted by atomic mass is 10.0. The molecule has 0 saturated heterocycles. The van der Waals surface area contributed by atoms with Gasteiger partial charge < -0.3 is 4.74 Å².